The number of methoxy groups -OCH3 is 2. The fourth-order valence-electron chi connectivity index (χ4n) is 4.37. The molecule has 1 aliphatic heterocycles. The third-order valence-corrected chi connectivity index (χ3v) is 6.25. The third kappa shape index (κ3) is 3.86. The topological polar surface area (TPSA) is 51.5 Å². The van der Waals surface area contributed by atoms with Gasteiger partial charge in [0.15, 0.2) is 5.11 Å². The van der Waals surface area contributed by atoms with E-state index < -0.39 is 0 Å². The minimum Gasteiger partial charge on any atom is -0.497 e. The Balaban J connectivity index is 1.68. The van der Waals surface area contributed by atoms with Crippen LogP contribution in [0, 0.1) is 5.82 Å². The largest absolute Gasteiger partial charge is 0.497 e. The predicted molar refractivity (Wildman–Crippen MR) is 133 cm³/mol. The average Bonchev–Trinajstić information content (AvgIpc) is 3.49. The van der Waals surface area contributed by atoms with Gasteiger partial charge in [0.05, 0.1) is 31.6 Å². The monoisotopic (exact) mass is 474 g/mol. The Morgan fingerprint density at radius 3 is 2.50 bits per heavy atom. The van der Waals surface area contributed by atoms with Crippen LogP contribution in [0.5, 0.6) is 11.5 Å². The Bertz CT molecular complexity index is 1310. The first kappa shape index (κ1) is 21.9. The molecule has 4 aromatic rings. The summed E-state index contributed by atoms with van der Waals surface area (Å²) in [6, 6.07) is 21.4. The molecule has 8 heteroatoms. The number of anilines is 1. The minimum absolute atomic E-state index is 0.227. The van der Waals surface area contributed by atoms with Crippen molar-refractivity contribution in [3.05, 3.63) is 102 Å². The second-order valence-corrected chi connectivity index (χ2v) is 8.20. The van der Waals surface area contributed by atoms with E-state index in [0.717, 1.165) is 22.8 Å². The molecule has 6 nitrogen and oxygen atoms in total. The molecule has 0 spiro atoms. The molecule has 2 atom stereocenters. The average molecular weight is 475 g/mol. The third-order valence-electron chi connectivity index (χ3n) is 5.93. The van der Waals surface area contributed by atoms with E-state index in [-0.39, 0.29) is 17.9 Å². The molecule has 5 rings (SSSR count). The highest BCUT2D eigenvalue weighted by molar-refractivity contribution is 7.80. The van der Waals surface area contributed by atoms with Gasteiger partial charge in [-0.1, -0.05) is 6.07 Å². The number of aromatic nitrogens is 2. The highest BCUT2D eigenvalue weighted by Gasteiger charge is 2.43. The number of benzene rings is 2. The van der Waals surface area contributed by atoms with Crippen molar-refractivity contribution < 1.29 is 13.9 Å². The van der Waals surface area contributed by atoms with E-state index in [4.69, 9.17) is 21.7 Å². The molecule has 1 fully saturated rings. The van der Waals surface area contributed by atoms with E-state index in [0.29, 0.717) is 16.6 Å². The first-order valence-electron chi connectivity index (χ1n) is 10.8. The van der Waals surface area contributed by atoms with Crippen LogP contribution in [-0.4, -0.2) is 28.9 Å². The van der Waals surface area contributed by atoms with Crippen molar-refractivity contribution in [1.82, 2.24) is 14.9 Å². The number of pyridine rings is 1. The normalized spacial score (nSPS) is 17.5. The number of nitrogens with one attached hydrogen (secondary N) is 1. The van der Waals surface area contributed by atoms with Gasteiger partial charge in [0.25, 0.3) is 0 Å². The highest BCUT2D eigenvalue weighted by Crippen LogP contribution is 2.45. The summed E-state index contributed by atoms with van der Waals surface area (Å²) in [5.74, 6) is 1.04. The molecular weight excluding hydrogens is 451 g/mol. The van der Waals surface area contributed by atoms with Gasteiger partial charge >= 0.3 is 0 Å². The number of halogens is 1. The predicted octanol–water partition coefficient (Wildman–Crippen LogP) is 5.21. The van der Waals surface area contributed by atoms with Crippen LogP contribution >= 0.6 is 12.2 Å². The lowest BCUT2D eigenvalue weighted by Gasteiger charge is -2.30. The van der Waals surface area contributed by atoms with E-state index in [1.807, 2.05) is 64.2 Å². The molecule has 2 aromatic heterocycles. The highest BCUT2D eigenvalue weighted by atomic mass is 32.1. The van der Waals surface area contributed by atoms with Crippen LogP contribution in [0.4, 0.5) is 10.1 Å². The molecule has 3 heterocycles. The van der Waals surface area contributed by atoms with Gasteiger partial charge in [-0.05, 0) is 72.9 Å². The smallest absolute Gasteiger partial charge is 0.174 e. The Hall–Kier alpha value is -3.91. The summed E-state index contributed by atoms with van der Waals surface area (Å²) in [6.07, 6.45) is 3.73. The summed E-state index contributed by atoms with van der Waals surface area (Å²) in [6.45, 7) is 0. The lowest BCUT2D eigenvalue weighted by molar-refractivity contribution is 0.394. The SMILES string of the molecule is COc1ccc(N2C(=S)N[C@@H](c3ccccn3)[C@H]2c2cccn2-c2ccc(F)cc2)c(OC)c1. The van der Waals surface area contributed by atoms with Gasteiger partial charge in [-0.3, -0.25) is 4.98 Å². The molecule has 0 unspecified atom stereocenters. The van der Waals surface area contributed by atoms with Crippen LogP contribution < -0.4 is 19.7 Å². The van der Waals surface area contributed by atoms with Crippen LogP contribution in [0.15, 0.2) is 85.2 Å². The van der Waals surface area contributed by atoms with Crippen molar-refractivity contribution in [3.8, 4) is 17.2 Å². The number of nitrogens with zero attached hydrogens (tertiary/aromatic N) is 3. The number of thiocarbonyl (C=S) groups is 1. The fraction of sp³-hybridized carbons (Fsp3) is 0.154. The summed E-state index contributed by atoms with van der Waals surface area (Å²) in [7, 11) is 3.24. The molecule has 172 valence electrons. The number of ether oxygens (including phenoxy) is 2. The number of hydrogen-bond acceptors (Lipinski definition) is 4. The Morgan fingerprint density at radius 1 is 0.971 bits per heavy atom. The fourth-order valence-corrected chi connectivity index (χ4v) is 4.71. The van der Waals surface area contributed by atoms with Crippen LogP contribution in [-0.2, 0) is 0 Å². The van der Waals surface area contributed by atoms with E-state index in [9.17, 15) is 4.39 Å². The van der Waals surface area contributed by atoms with E-state index in [1.54, 1.807) is 32.5 Å². The Kier molecular flexibility index (Phi) is 5.90. The van der Waals surface area contributed by atoms with Gasteiger partial charge in [0.1, 0.15) is 23.4 Å². The van der Waals surface area contributed by atoms with E-state index in [2.05, 4.69) is 10.3 Å². The maximum absolute atomic E-state index is 13.6. The molecule has 0 aliphatic carbocycles. The Morgan fingerprint density at radius 2 is 1.79 bits per heavy atom. The second kappa shape index (κ2) is 9.15. The number of hydrogen-bond donors (Lipinski definition) is 1. The quantitative estimate of drug-likeness (QED) is 0.388. The summed E-state index contributed by atoms with van der Waals surface area (Å²) in [5, 5.41) is 4.01. The standard InChI is InChI=1S/C26H23FN4O2S/c1-32-19-12-13-21(23(16-19)33-2)31-25(24(29-26(31)34)20-6-3-4-14-28-20)22-7-5-15-30(22)18-10-8-17(27)9-11-18/h3-16,24-25H,1-2H3,(H,29,34)/t24-,25+/m0/s1. The van der Waals surface area contributed by atoms with Gasteiger partial charge in [-0.2, -0.15) is 0 Å². The van der Waals surface area contributed by atoms with Gasteiger partial charge in [0.2, 0.25) is 0 Å². The van der Waals surface area contributed by atoms with E-state index in [1.165, 1.54) is 12.1 Å². The van der Waals surface area contributed by atoms with Crippen LogP contribution in [0.3, 0.4) is 0 Å². The van der Waals surface area contributed by atoms with Crippen LogP contribution in [0.25, 0.3) is 5.69 Å². The molecule has 1 aliphatic rings. The van der Waals surface area contributed by atoms with Gasteiger partial charge in [-0.15, -0.1) is 0 Å². The summed E-state index contributed by atoms with van der Waals surface area (Å²) in [5.41, 5.74) is 3.47. The van der Waals surface area contributed by atoms with E-state index >= 15 is 0 Å². The molecule has 0 bridgehead atoms. The first-order chi connectivity index (χ1) is 16.6. The minimum atomic E-state index is -0.280. The molecule has 2 aromatic carbocycles. The zero-order valence-electron chi connectivity index (χ0n) is 18.7. The summed E-state index contributed by atoms with van der Waals surface area (Å²) < 4.78 is 26.8. The summed E-state index contributed by atoms with van der Waals surface area (Å²) in [4.78, 5) is 6.65. The molecule has 34 heavy (non-hydrogen) atoms. The second-order valence-electron chi connectivity index (χ2n) is 7.81. The molecule has 0 radical (unpaired) electrons. The molecule has 0 saturated carbocycles. The lowest BCUT2D eigenvalue weighted by Crippen LogP contribution is -2.30. The molecular formula is C26H23FN4O2S. The lowest BCUT2D eigenvalue weighted by atomic mass is 10.0. The maximum atomic E-state index is 13.6. The van der Waals surface area contributed by atoms with Crippen molar-refractivity contribution in [3.63, 3.8) is 0 Å². The van der Waals surface area contributed by atoms with Crippen molar-refractivity contribution in [1.29, 1.82) is 0 Å². The van der Waals surface area contributed by atoms with Gasteiger partial charge in [0, 0.05) is 29.8 Å². The molecule has 1 N–H and O–H groups in total. The van der Waals surface area contributed by atoms with Crippen LogP contribution in [0.1, 0.15) is 23.5 Å². The van der Waals surface area contributed by atoms with Crippen molar-refractivity contribution in [2.45, 2.75) is 12.1 Å². The number of rotatable bonds is 6. The summed E-state index contributed by atoms with van der Waals surface area (Å²) >= 11 is 5.84. The molecule has 0 amide bonds. The zero-order chi connectivity index (χ0) is 23.7. The van der Waals surface area contributed by atoms with Crippen molar-refractivity contribution >= 4 is 23.0 Å². The van der Waals surface area contributed by atoms with Crippen molar-refractivity contribution in [2.24, 2.45) is 0 Å². The maximum Gasteiger partial charge on any atom is 0.174 e. The molecule has 1 saturated heterocycles. The Labute approximate surface area is 202 Å². The first-order valence-corrected chi connectivity index (χ1v) is 11.2. The van der Waals surface area contributed by atoms with Gasteiger partial charge < -0.3 is 24.3 Å². The van der Waals surface area contributed by atoms with Gasteiger partial charge in [-0.25, -0.2) is 4.39 Å². The van der Waals surface area contributed by atoms with Crippen molar-refractivity contribution in [2.75, 3.05) is 19.1 Å². The zero-order valence-corrected chi connectivity index (χ0v) is 19.5. The van der Waals surface area contributed by atoms with Crippen LogP contribution in [0.2, 0.25) is 0 Å².